The van der Waals surface area contributed by atoms with E-state index in [1.165, 1.54) is 35.1 Å². The number of fused-ring (bicyclic) bond motifs is 1. The third-order valence-electron chi connectivity index (χ3n) is 6.31. The van der Waals surface area contributed by atoms with E-state index in [1.807, 2.05) is 19.0 Å². The van der Waals surface area contributed by atoms with Crippen LogP contribution in [0.25, 0.3) is 11.3 Å². The van der Waals surface area contributed by atoms with E-state index in [2.05, 4.69) is 37.4 Å². The number of hydrogen-bond donors (Lipinski definition) is 2. The summed E-state index contributed by atoms with van der Waals surface area (Å²) in [5.41, 5.74) is 6.37. The van der Waals surface area contributed by atoms with Gasteiger partial charge in [0.25, 0.3) is 5.91 Å². The van der Waals surface area contributed by atoms with E-state index in [4.69, 9.17) is 5.73 Å². The zero-order chi connectivity index (χ0) is 30.9. The molecule has 0 radical (unpaired) electrons. The highest BCUT2D eigenvalue weighted by atomic mass is 19.4. The second-order valence-corrected chi connectivity index (χ2v) is 9.85. The molecule has 0 aliphatic carbocycles. The van der Waals surface area contributed by atoms with Crippen molar-refractivity contribution in [2.45, 2.75) is 19.6 Å². The largest absolute Gasteiger partial charge is 0.416 e. The number of nitrogens with two attached hydrogens (primary N) is 1. The normalized spacial score (nSPS) is 11.4. The van der Waals surface area contributed by atoms with Gasteiger partial charge in [0.2, 0.25) is 11.7 Å². The Morgan fingerprint density at radius 2 is 1.84 bits per heavy atom. The Morgan fingerprint density at radius 3 is 2.56 bits per heavy atom. The first-order chi connectivity index (χ1) is 20.4. The first kappa shape index (κ1) is 29.0. The SMILES string of the molecule is Cc1ccc(C(=O)Nc2cc(-n3ccnc3CN(C)C)cc(C(F)(F)F)c2)cc1C#Cc1nnc2cc(C(N)=O)cnn12. The van der Waals surface area contributed by atoms with E-state index in [-0.39, 0.29) is 34.0 Å². The van der Waals surface area contributed by atoms with Crippen LogP contribution in [0.5, 0.6) is 0 Å². The van der Waals surface area contributed by atoms with Gasteiger partial charge in [-0.1, -0.05) is 12.0 Å². The number of rotatable bonds is 6. The number of anilines is 1. The number of imidazole rings is 1. The highest BCUT2D eigenvalue weighted by Gasteiger charge is 2.32. The van der Waals surface area contributed by atoms with Crippen LogP contribution in [0.2, 0.25) is 0 Å². The summed E-state index contributed by atoms with van der Waals surface area (Å²) < 4.78 is 44.3. The zero-order valence-corrected chi connectivity index (χ0v) is 23.1. The second-order valence-electron chi connectivity index (χ2n) is 9.85. The Hall–Kier alpha value is -5.55. The topological polar surface area (TPSA) is 136 Å². The van der Waals surface area contributed by atoms with Gasteiger partial charge < -0.3 is 20.5 Å². The Labute approximate surface area is 243 Å². The van der Waals surface area contributed by atoms with E-state index in [9.17, 15) is 22.8 Å². The first-order valence-corrected chi connectivity index (χ1v) is 12.7. The number of aromatic nitrogens is 6. The van der Waals surface area contributed by atoms with Gasteiger partial charge in [0.05, 0.1) is 23.9 Å². The van der Waals surface area contributed by atoms with E-state index in [0.717, 1.165) is 17.7 Å². The second kappa shape index (κ2) is 11.4. The number of hydrogen-bond acceptors (Lipinski definition) is 7. The molecule has 5 rings (SSSR count). The lowest BCUT2D eigenvalue weighted by Crippen LogP contribution is -2.16. The number of carbonyl (C=O) groups is 2. The minimum atomic E-state index is -4.65. The summed E-state index contributed by atoms with van der Waals surface area (Å²) >= 11 is 0. The van der Waals surface area contributed by atoms with Crippen molar-refractivity contribution >= 4 is 23.1 Å². The molecule has 0 unspecified atom stereocenters. The maximum atomic E-state index is 13.8. The van der Waals surface area contributed by atoms with Crippen LogP contribution in [0.1, 0.15) is 49.1 Å². The lowest BCUT2D eigenvalue weighted by Gasteiger charge is -2.16. The molecule has 14 heteroatoms. The molecule has 0 spiro atoms. The van der Waals surface area contributed by atoms with Gasteiger partial charge in [0.15, 0.2) is 5.65 Å². The van der Waals surface area contributed by atoms with Crippen LogP contribution in [-0.4, -0.2) is 60.2 Å². The monoisotopic (exact) mass is 587 g/mol. The molecular formula is C29H24F3N9O2. The molecule has 0 aliphatic heterocycles. The number of benzene rings is 2. The molecule has 5 aromatic rings. The van der Waals surface area contributed by atoms with Crippen LogP contribution < -0.4 is 11.1 Å². The highest BCUT2D eigenvalue weighted by Crippen LogP contribution is 2.33. The third-order valence-corrected chi connectivity index (χ3v) is 6.31. The fourth-order valence-electron chi connectivity index (χ4n) is 4.18. The summed E-state index contributed by atoms with van der Waals surface area (Å²) in [4.78, 5) is 30.7. The highest BCUT2D eigenvalue weighted by molar-refractivity contribution is 6.04. The Kier molecular flexibility index (Phi) is 7.66. The lowest BCUT2D eigenvalue weighted by atomic mass is 10.0. The van der Waals surface area contributed by atoms with Gasteiger partial charge in [-0.15, -0.1) is 10.2 Å². The van der Waals surface area contributed by atoms with Crippen molar-refractivity contribution < 1.29 is 22.8 Å². The number of halogens is 3. The third kappa shape index (κ3) is 6.36. The molecule has 0 bridgehead atoms. The first-order valence-electron chi connectivity index (χ1n) is 12.7. The van der Waals surface area contributed by atoms with Crippen LogP contribution in [0, 0.1) is 18.8 Å². The molecule has 3 N–H and O–H groups in total. The van der Waals surface area contributed by atoms with Crippen LogP contribution in [0.3, 0.4) is 0 Å². The van der Waals surface area contributed by atoms with Crippen molar-refractivity contribution in [2.24, 2.45) is 5.73 Å². The van der Waals surface area contributed by atoms with Gasteiger partial charge >= 0.3 is 6.18 Å². The quantitative estimate of drug-likeness (QED) is 0.291. The van der Waals surface area contributed by atoms with Crippen molar-refractivity contribution in [2.75, 3.05) is 19.4 Å². The molecule has 2 aromatic carbocycles. The zero-order valence-electron chi connectivity index (χ0n) is 23.1. The molecular weight excluding hydrogens is 563 g/mol. The number of nitrogens with one attached hydrogen (secondary N) is 1. The van der Waals surface area contributed by atoms with E-state index < -0.39 is 23.6 Å². The maximum absolute atomic E-state index is 13.8. The molecule has 0 atom stereocenters. The Balaban J connectivity index is 1.44. The number of aryl methyl sites for hydroxylation is 1. The summed E-state index contributed by atoms with van der Waals surface area (Å²) in [5, 5.41) is 14.6. The van der Waals surface area contributed by atoms with Crippen molar-refractivity contribution in [1.82, 2.24) is 34.3 Å². The molecule has 3 heterocycles. The molecule has 0 saturated carbocycles. The van der Waals surface area contributed by atoms with E-state index in [1.54, 1.807) is 29.8 Å². The van der Waals surface area contributed by atoms with Crippen LogP contribution in [-0.2, 0) is 12.7 Å². The van der Waals surface area contributed by atoms with Crippen LogP contribution >= 0.6 is 0 Å². The average Bonchev–Trinajstić information content (AvgIpc) is 3.58. The molecule has 11 nitrogen and oxygen atoms in total. The summed E-state index contributed by atoms with van der Waals surface area (Å²) in [6, 6.07) is 9.52. The molecule has 0 aliphatic rings. The molecule has 0 fully saturated rings. The minimum absolute atomic E-state index is 0.0381. The number of carbonyl (C=O) groups excluding carboxylic acids is 2. The van der Waals surface area contributed by atoms with Gasteiger partial charge in [-0.2, -0.15) is 22.8 Å². The fourth-order valence-corrected chi connectivity index (χ4v) is 4.18. The van der Waals surface area contributed by atoms with Gasteiger partial charge in [0, 0.05) is 34.9 Å². The molecule has 3 aromatic heterocycles. The number of nitrogens with zero attached hydrogens (tertiary/aromatic N) is 7. The standard InChI is InChI=1S/C29H24F3N9O2/c1-17-4-5-19(10-18(17)6-7-24-37-38-25-11-20(27(33)42)15-35-41(24)25)28(43)36-22-12-21(29(30,31)32)13-23(14-22)40-9-8-34-26(40)16-39(2)3/h4-5,8-15H,16H2,1-3H3,(H2,33,42)(H,36,43). The van der Waals surface area contributed by atoms with E-state index >= 15 is 0 Å². The summed E-state index contributed by atoms with van der Waals surface area (Å²) in [5.74, 6) is 5.22. The van der Waals surface area contributed by atoms with Crippen molar-refractivity contribution in [3.05, 3.63) is 101 Å². The van der Waals surface area contributed by atoms with Crippen molar-refractivity contribution in [3.8, 4) is 17.5 Å². The average molecular weight is 588 g/mol. The summed E-state index contributed by atoms with van der Waals surface area (Å²) in [6.07, 6.45) is -0.305. The van der Waals surface area contributed by atoms with Gasteiger partial charge in [-0.05, 0) is 68.9 Å². The summed E-state index contributed by atoms with van der Waals surface area (Å²) in [6.45, 7) is 2.19. The van der Waals surface area contributed by atoms with Crippen molar-refractivity contribution in [1.29, 1.82) is 0 Å². The van der Waals surface area contributed by atoms with Crippen LogP contribution in [0.15, 0.2) is 61.1 Å². The van der Waals surface area contributed by atoms with Crippen molar-refractivity contribution in [3.63, 3.8) is 0 Å². The predicted octanol–water partition coefficient (Wildman–Crippen LogP) is 3.45. The predicted molar refractivity (Wildman–Crippen MR) is 150 cm³/mol. The Morgan fingerprint density at radius 1 is 1.05 bits per heavy atom. The number of amides is 2. The van der Waals surface area contributed by atoms with Gasteiger partial charge in [-0.25, -0.2) is 4.98 Å². The smallest absolute Gasteiger partial charge is 0.366 e. The molecule has 2 amide bonds. The molecule has 218 valence electrons. The van der Waals surface area contributed by atoms with Gasteiger partial charge in [0.1, 0.15) is 5.82 Å². The van der Waals surface area contributed by atoms with Crippen LogP contribution in [0.4, 0.5) is 18.9 Å². The summed E-state index contributed by atoms with van der Waals surface area (Å²) in [7, 11) is 3.65. The maximum Gasteiger partial charge on any atom is 0.416 e. The molecule has 0 saturated heterocycles. The number of primary amides is 1. The fraction of sp³-hybridized carbons (Fsp3) is 0.172. The number of alkyl halides is 3. The van der Waals surface area contributed by atoms with E-state index in [0.29, 0.717) is 17.9 Å². The lowest BCUT2D eigenvalue weighted by molar-refractivity contribution is -0.137. The minimum Gasteiger partial charge on any atom is -0.366 e. The Bertz CT molecular complexity index is 1930. The molecule has 43 heavy (non-hydrogen) atoms. The van der Waals surface area contributed by atoms with Gasteiger partial charge in [-0.3, -0.25) is 9.59 Å².